The van der Waals surface area contributed by atoms with Gasteiger partial charge in [-0.15, -0.1) is 0 Å². The van der Waals surface area contributed by atoms with E-state index in [1.165, 1.54) is 0 Å². The van der Waals surface area contributed by atoms with Crippen LogP contribution < -0.4 is 0 Å². The lowest BCUT2D eigenvalue weighted by atomic mass is 10.2. The van der Waals surface area contributed by atoms with Crippen molar-refractivity contribution in [2.45, 2.75) is 12.8 Å². The number of quaternary nitrogens is 1. The van der Waals surface area contributed by atoms with Gasteiger partial charge < -0.3 is 9.22 Å². The van der Waals surface area contributed by atoms with Gasteiger partial charge >= 0.3 is 0 Å². The van der Waals surface area contributed by atoms with Crippen molar-refractivity contribution in [3.05, 3.63) is 0 Å². The predicted octanol–water partition coefficient (Wildman–Crippen LogP) is 0.131. The van der Waals surface area contributed by atoms with Gasteiger partial charge in [-0.25, -0.2) is 0 Å². The molecule has 15 heavy (non-hydrogen) atoms. The van der Waals surface area contributed by atoms with Crippen molar-refractivity contribution in [2.75, 3.05) is 45.6 Å². The van der Waals surface area contributed by atoms with Crippen LogP contribution in [0.5, 0.6) is 0 Å². The number of hydrogen-bond donors (Lipinski definition) is 1. The molecule has 90 valence electrons. The zero-order valence-electron chi connectivity index (χ0n) is 9.18. The van der Waals surface area contributed by atoms with Gasteiger partial charge in [-0.05, 0) is 12.8 Å². The van der Waals surface area contributed by atoms with Crippen molar-refractivity contribution >= 4 is 10.1 Å². The first-order valence-corrected chi connectivity index (χ1v) is 6.89. The SMILES string of the molecule is C[N+]1(CCCCS(=O)(=O)O)CCOCC1. The maximum absolute atomic E-state index is 10.5. The molecule has 0 amide bonds. The Kier molecular flexibility index (Phi) is 4.51. The monoisotopic (exact) mass is 238 g/mol. The number of unbranched alkanes of at least 4 members (excludes halogenated alkanes) is 1. The van der Waals surface area contributed by atoms with E-state index in [2.05, 4.69) is 7.05 Å². The fourth-order valence-corrected chi connectivity index (χ4v) is 2.35. The summed E-state index contributed by atoms with van der Waals surface area (Å²) in [5.41, 5.74) is 0. The van der Waals surface area contributed by atoms with E-state index in [0.717, 1.165) is 43.8 Å². The van der Waals surface area contributed by atoms with Crippen molar-refractivity contribution < 1.29 is 22.2 Å². The van der Waals surface area contributed by atoms with E-state index in [4.69, 9.17) is 9.29 Å². The fraction of sp³-hybridized carbons (Fsp3) is 1.00. The summed E-state index contributed by atoms with van der Waals surface area (Å²) >= 11 is 0. The molecule has 1 aliphatic heterocycles. The highest BCUT2D eigenvalue weighted by atomic mass is 32.2. The van der Waals surface area contributed by atoms with Crippen LogP contribution in [0.4, 0.5) is 0 Å². The highest BCUT2D eigenvalue weighted by Crippen LogP contribution is 2.09. The van der Waals surface area contributed by atoms with Crippen LogP contribution in [0.25, 0.3) is 0 Å². The molecule has 0 aromatic heterocycles. The van der Waals surface area contributed by atoms with Crippen molar-refractivity contribution in [2.24, 2.45) is 0 Å². The topological polar surface area (TPSA) is 63.6 Å². The molecule has 0 aliphatic carbocycles. The van der Waals surface area contributed by atoms with Crippen molar-refractivity contribution in [1.82, 2.24) is 0 Å². The van der Waals surface area contributed by atoms with E-state index in [1.807, 2.05) is 0 Å². The molecule has 0 radical (unpaired) electrons. The number of hydrogen-bond acceptors (Lipinski definition) is 3. The first-order valence-electron chi connectivity index (χ1n) is 5.28. The molecule has 1 rings (SSSR count). The minimum absolute atomic E-state index is 0.122. The Balaban J connectivity index is 2.19. The molecule has 0 bridgehead atoms. The Morgan fingerprint density at radius 1 is 1.27 bits per heavy atom. The average molecular weight is 238 g/mol. The van der Waals surface area contributed by atoms with Gasteiger partial charge in [-0.3, -0.25) is 4.55 Å². The molecular weight excluding hydrogens is 218 g/mol. The highest BCUT2D eigenvalue weighted by molar-refractivity contribution is 7.85. The van der Waals surface area contributed by atoms with Gasteiger partial charge in [-0.2, -0.15) is 8.42 Å². The lowest BCUT2D eigenvalue weighted by molar-refractivity contribution is -0.917. The molecule has 1 saturated heterocycles. The second kappa shape index (κ2) is 5.25. The van der Waals surface area contributed by atoms with E-state index in [9.17, 15) is 8.42 Å². The van der Waals surface area contributed by atoms with Gasteiger partial charge in [0.1, 0.15) is 13.1 Å². The van der Waals surface area contributed by atoms with Crippen molar-refractivity contribution in [1.29, 1.82) is 0 Å². The third-order valence-electron chi connectivity index (χ3n) is 2.90. The van der Waals surface area contributed by atoms with Gasteiger partial charge in [-0.1, -0.05) is 0 Å². The van der Waals surface area contributed by atoms with E-state index >= 15 is 0 Å². The van der Waals surface area contributed by atoms with Crippen LogP contribution in [0, 0.1) is 0 Å². The van der Waals surface area contributed by atoms with Crippen LogP contribution in [0.1, 0.15) is 12.8 Å². The van der Waals surface area contributed by atoms with Gasteiger partial charge in [0, 0.05) is 0 Å². The van der Waals surface area contributed by atoms with E-state index in [1.54, 1.807) is 0 Å². The molecule has 0 spiro atoms. The second-order valence-electron chi connectivity index (χ2n) is 4.40. The van der Waals surface area contributed by atoms with Gasteiger partial charge in [0.2, 0.25) is 0 Å². The number of nitrogens with zero attached hydrogens (tertiary/aromatic N) is 1. The maximum atomic E-state index is 10.5. The van der Waals surface area contributed by atoms with Crippen molar-refractivity contribution in [3.8, 4) is 0 Å². The Morgan fingerprint density at radius 2 is 1.87 bits per heavy atom. The summed E-state index contributed by atoms with van der Waals surface area (Å²) in [4.78, 5) is 0. The normalized spacial score (nSPS) is 21.5. The lowest BCUT2D eigenvalue weighted by Gasteiger charge is -2.37. The Bertz CT molecular complexity index is 282. The van der Waals surface area contributed by atoms with E-state index < -0.39 is 10.1 Å². The number of likely N-dealkylation sites (N-methyl/N-ethyl adjacent to an activating group) is 1. The molecule has 1 fully saturated rings. The number of morpholine rings is 1. The van der Waals surface area contributed by atoms with Crippen LogP contribution >= 0.6 is 0 Å². The third kappa shape index (κ3) is 5.46. The number of rotatable bonds is 5. The standard InChI is InChI=1S/C9H19NO4S/c1-10(5-7-14-8-6-10)4-2-3-9-15(11,12)13/h2-9H2,1H3/p+1. The molecule has 1 heterocycles. The largest absolute Gasteiger partial charge is 0.370 e. The molecule has 6 heteroatoms. The third-order valence-corrected chi connectivity index (χ3v) is 3.71. The van der Waals surface area contributed by atoms with E-state index in [0.29, 0.717) is 6.42 Å². The van der Waals surface area contributed by atoms with Crippen LogP contribution in [0.2, 0.25) is 0 Å². The zero-order valence-corrected chi connectivity index (χ0v) is 10.0. The summed E-state index contributed by atoms with van der Waals surface area (Å²) in [6.07, 6.45) is 1.36. The minimum Gasteiger partial charge on any atom is -0.370 e. The fourth-order valence-electron chi connectivity index (χ4n) is 1.79. The number of ether oxygens (including phenoxy) is 1. The van der Waals surface area contributed by atoms with Crippen LogP contribution in [-0.2, 0) is 14.9 Å². The summed E-state index contributed by atoms with van der Waals surface area (Å²) in [5, 5.41) is 0. The molecule has 0 atom stereocenters. The first kappa shape index (κ1) is 12.9. The molecular formula is C9H20NO4S+. The molecule has 1 aliphatic rings. The smallest absolute Gasteiger partial charge is 0.264 e. The molecule has 0 saturated carbocycles. The molecule has 5 nitrogen and oxygen atoms in total. The highest BCUT2D eigenvalue weighted by Gasteiger charge is 2.24. The van der Waals surface area contributed by atoms with Crippen LogP contribution in [0.15, 0.2) is 0 Å². The summed E-state index contributed by atoms with van der Waals surface area (Å²) in [5.74, 6) is -0.122. The van der Waals surface area contributed by atoms with Crippen LogP contribution in [0.3, 0.4) is 0 Å². The van der Waals surface area contributed by atoms with Gasteiger partial charge in [0.05, 0.1) is 32.6 Å². The van der Waals surface area contributed by atoms with Gasteiger partial charge in [0.25, 0.3) is 10.1 Å². The molecule has 0 aromatic carbocycles. The summed E-state index contributed by atoms with van der Waals surface area (Å²) in [6, 6.07) is 0. The quantitative estimate of drug-likeness (QED) is 0.420. The Hall–Kier alpha value is -0.170. The lowest BCUT2D eigenvalue weighted by Crippen LogP contribution is -2.52. The summed E-state index contributed by atoms with van der Waals surface area (Å²) in [6.45, 7) is 4.51. The maximum Gasteiger partial charge on any atom is 0.264 e. The Morgan fingerprint density at radius 3 is 2.40 bits per heavy atom. The minimum atomic E-state index is -3.78. The zero-order chi connectivity index (χ0) is 11.4. The second-order valence-corrected chi connectivity index (χ2v) is 5.97. The first-order chi connectivity index (χ1) is 6.91. The van der Waals surface area contributed by atoms with Crippen molar-refractivity contribution in [3.63, 3.8) is 0 Å². The predicted molar refractivity (Wildman–Crippen MR) is 57.3 cm³/mol. The molecule has 1 N–H and O–H groups in total. The van der Waals surface area contributed by atoms with E-state index in [-0.39, 0.29) is 5.75 Å². The molecule has 0 aromatic rings. The summed E-state index contributed by atoms with van der Waals surface area (Å²) < 4.78 is 35.8. The van der Waals surface area contributed by atoms with Crippen LogP contribution in [-0.4, -0.2) is 63.1 Å². The Labute approximate surface area is 91.4 Å². The molecule has 0 unspecified atom stereocenters. The average Bonchev–Trinajstić information content (AvgIpc) is 2.12. The van der Waals surface area contributed by atoms with Gasteiger partial charge in [0.15, 0.2) is 0 Å². The summed E-state index contributed by atoms with van der Waals surface area (Å²) in [7, 11) is -1.62.